The number of hydrogen-bond donors (Lipinski definition) is 2. The van der Waals surface area contributed by atoms with Gasteiger partial charge < -0.3 is 19.8 Å². The van der Waals surface area contributed by atoms with Crippen LogP contribution >= 0.6 is 0 Å². The molecule has 8 heteroatoms. The molecule has 1 aliphatic rings. The van der Waals surface area contributed by atoms with Gasteiger partial charge in [0, 0.05) is 43.7 Å². The summed E-state index contributed by atoms with van der Waals surface area (Å²) in [6.07, 6.45) is 1.92. The highest BCUT2D eigenvalue weighted by molar-refractivity contribution is 5.97. The van der Waals surface area contributed by atoms with Crippen molar-refractivity contribution >= 4 is 11.9 Å². The Morgan fingerprint density at radius 1 is 1.18 bits per heavy atom. The minimum atomic E-state index is -0.954. The van der Waals surface area contributed by atoms with Crippen molar-refractivity contribution in [2.24, 2.45) is 5.92 Å². The number of fused-ring (bicyclic) bond motifs is 1. The molecular formula is C32H35N3O5. The summed E-state index contributed by atoms with van der Waals surface area (Å²) in [7, 11) is 1.97. The fourth-order valence-corrected chi connectivity index (χ4v) is 4.67. The zero-order valence-electron chi connectivity index (χ0n) is 23.1. The van der Waals surface area contributed by atoms with Crippen LogP contribution in [0.4, 0.5) is 0 Å². The van der Waals surface area contributed by atoms with Crippen molar-refractivity contribution in [1.29, 1.82) is 0 Å². The number of carbonyl (C=O) groups is 2. The Morgan fingerprint density at radius 3 is 2.58 bits per heavy atom. The first-order valence-electron chi connectivity index (χ1n) is 13.4. The molecule has 0 saturated carbocycles. The normalized spacial score (nSPS) is 17.6. The number of ether oxygens (including phenoxy) is 1. The summed E-state index contributed by atoms with van der Waals surface area (Å²) < 4.78 is 6.38. The number of carboxylic acid groups (broad SMARTS) is 1. The van der Waals surface area contributed by atoms with Crippen LogP contribution in [-0.2, 0) is 13.0 Å². The summed E-state index contributed by atoms with van der Waals surface area (Å²) in [5, 5.41) is 19.1. The van der Waals surface area contributed by atoms with E-state index in [1.807, 2.05) is 63.4 Å². The van der Waals surface area contributed by atoms with E-state index >= 15 is 0 Å². The largest absolute Gasteiger partial charge is 0.478 e. The molecule has 0 bridgehead atoms. The monoisotopic (exact) mass is 541 g/mol. The number of aromatic nitrogens is 1. The maximum absolute atomic E-state index is 13.6. The number of likely N-dealkylation sites (N-methyl/N-ethyl adjacent to an activating group) is 1. The number of pyridine rings is 1. The van der Waals surface area contributed by atoms with E-state index in [9.17, 15) is 14.7 Å². The van der Waals surface area contributed by atoms with Gasteiger partial charge in [-0.15, -0.1) is 0 Å². The van der Waals surface area contributed by atoms with Crippen LogP contribution < -0.4 is 4.74 Å². The predicted octanol–water partition coefficient (Wildman–Crippen LogP) is 3.73. The summed E-state index contributed by atoms with van der Waals surface area (Å²) in [6.45, 7) is 5.26. The number of aliphatic hydroxyl groups excluding tert-OH is 1. The molecule has 1 amide bonds. The van der Waals surface area contributed by atoms with Gasteiger partial charge >= 0.3 is 5.97 Å². The maximum Gasteiger partial charge on any atom is 0.335 e. The van der Waals surface area contributed by atoms with E-state index < -0.39 is 5.97 Å². The lowest BCUT2D eigenvalue weighted by molar-refractivity contribution is 0.0325. The van der Waals surface area contributed by atoms with E-state index in [1.165, 1.54) is 0 Å². The van der Waals surface area contributed by atoms with E-state index in [4.69, 9.17) is 9.84 Å². The van der Waals surface area contributed by atoms with E-state index in [0.717, 1.165) is 11.1 Å². The first kappa shape index (κ1) is 28.8. The molecule has 1 aliphatic heterocycles. The first-order chi connectivity index (χ1) is 19.2. The summed E-state index contributed by atoms with van der Waals surface area (Å²) in [5.74, 6) is 5.28. The van der Waals surface area contributed by atoms with Crippen LogP contribution in [0.25, 0.3) is 0 Å². The van der Waals surface area contributed by atoms with Crippen molar-refractivity contribution in [3.05, 3.63) is 94.7 Å². The third-order valence-corrected chi connectivity index (χ3v) is 7.03. The van der Waals surface area contributed by atoms with Crippen molar-refractivity contribution in [3.8, 4) is 17.7 Å². The molecule has 0 spiro atoms. The Bertz CT molecular complexity index is 1380. The SMILES string of the molecule is C[C@H]1CN([C@@H](C)CO)C(=O)c2cc(C#CCc3ccccc3)cnc2O[C@H]1CN(C)Cc1ccc(C(=O)O)cc1. The molecule has 2 N–H and O–H groups in total. The summed E-state index contributed by atoms with van der Waals surface area (Å²) >= 11 is 0. The molecule has 208 valence electrons. The Hall–Kier alpha value is -4.19. The Labute approximate surface area is 235 Å². The minimum Gasteiger partial charge on any atom is -0.478 e. The molecule has 0 fully saturated rings. The highest BCUT2D eigenvalue weighted by atomic mass is 16.5. The van der Waals surface area contributed by atoms with Gasteiger partial charge in [-0.05, 0) is 43.3 Å². The second-order valence-corrected chi connectivity index (χ2v) is 10.4. The molecule has 2 aromatic carbocycles. The number of aromatic carboxylic acids is 1. The standard InChI is InChI=1S/C32H35N3O5/c1-22-18-35(23(2)21-36)31(37)28-16-26(11-7-10-24-8-5-4-6-9-24)17-33-30(28)40-29(22)20-34(3)19-25-12-14-27(15-13-25)32(38)39/h4-6,8-9,12-17,22-23,29,36H,10,18-21H2,1-3H3,(H,38,39)/t22-,23-,29-/m0/s1. The maximum atomic E-state index is 13.6. The highest BCUT2D eigenvalue weighted by Gasteiger charge is 2.34. The van der Waals surface area contributed by atoms with Crippen LogP contribution in [0.3, 0.4) is 0 Å². The number of rotatable bonds is 8. The molecule has 0 saturated heterocycles. The summed E-state index contributed by atoms with van der Waals surface area (Å²) in [4.78, 5) is 33.1. The minimum absolute atomic E-state index is 0.0462. The smallest absolute Gasteiger partial charge is 0.335 e. The lowest BCUT2D eigenvalue weighted by atomic mass is 9.99. The van der Waals surface area contributed by atoms with Gasteiger partial charge in [0.05, 0.1) is 18.2 Å². The third-order valence-electron chi connectivity index (χ3n) is 7.03. The molecule has 8 nitrogen and oxygen atoms in total. The Kier molecular flexibility index (Phi) is 9.54. The zero-order chi connectivity index (χ0) is 28.6. The highest BCUT2D eigenvalue weighted by Crippen LogP contribution is 2.27. The van der Waals surface area contributed by atoms with Gasteiger partial charge in [-0.25, -0.2) is 9.78 Å². The number of aliphatic hydroxyl groups is 1. The number of amides is 1. The second kappa shape index (κ2) is 13.2. The lowest BCUT2D eigenvalue weighted by Crippen LogP contribution is -2.49. The van der Waals surface area contributed by atoms with Gasteiger partial charge in [-0.2, -0.15) is 0 Å². The molecule has 0 aliphatic carbocycles. The average Bonchev–Trinajstić information content (AvgIpc) is 2.95. The number of carbonyl (C=O) groups excluding carboxylic acids is 1. The van der Waals surface area contributed by atoms with Gasteiger partial charge in [-0.1, -0.05) is 61.2 Å². The summed E-state index contributed by atoms with van der Waals surface area (Å²) in [5.41, 5.74) is 3.29. The van der Waals surface area contributed by atoms with Crippen molar-refractivity contribution in [2.45, 2.75) is 39.0 Å². The van der Waals surface area contributed by atoms with Crippen LogP contribution in [0.5, 0.6) is 5.88 Å². The second-order valence-electron chi connectivity index (χ2n) is 10.4. The van der Waals surface area contributed by atoms with E-state index in [-0.39, 0.29) is 42.0 Å². The molecule has 4 rings (SSSR count). The van der Waals surface area contributed by atoms with E-state index in [0.29, 0.717) is 37.2 Å². The van der Waals surface area contributed by atoms with Crippen molar-refractivity contribution in [1.82, 2.24) is 14.8 Å². The zero-order valence-corrected chi connectivity index (χ0v) is 23.1. The summed E-state index contributed by atoms with van der Waals surface area (Å²) in [6, 6.07) is 18.1. The van der Waals surface area contributed by atoms with Crippen molar-refractivity contribution in [2.75, 3.05) is 26.7 Å². The van der Waals surface area contributed by atoms with E-state index in [2.05, 4.69) is 21.7 Å². The van der Waals surface area contributed by atoms with Gasteiger partial charge in [0.15, 0.2) is 0 Å². The molecule has 0 radical (unpaired) electrons. The number of benzene rings is 2. The predicted molar refractivity (Wildman–Crippen MR) is 152 cm³/mol. The topological polar surface area (TPSA) is 103 Å². The average molecular weight is 542 g/mol. The fourth-order valence-electron chi connectivity index (χ4n) is 4.67. The first-order valence-corrected chi connectivity index (χ1v) is 13.4. The van der Waals surface area contributed by atoms with Crippen LogP contribution in [0, 0.1) is 17.8 Å². The fraction of sp³-hybridized carbons (Fsp3) is 0.344. The van der Waals surface area contributed by atoms with Gasteiger partial charge in [0.1, 0.15) is 11.7 Å². The van der Waals surface area contributed by atoms with Gasteiger partial charge in [0.2, 0.25) is 5.88 Å². The number of nitrogens with zero attached hydrogens (tertiary/aromatic N) is 3. The van der Waals surface area contributed by atoms with Crippen molar-refractivity contribution < 1.29 is 24.5 Å². The molecule has 1 aromatic heterocycles. The number of hydrogen-bond acceptors (Lipinski definition) is 6. The quantitative estimate of drug-likeness (QED) is 0.419. The Morgan fingerprint density at radius 2 is 1.90 bits per heavy atom. The number of carboxylic acids is 1. The lowest BCUT2D eigenvalue weighted by Gasteiger charge is -2.37. The Balaban J connectivity index is 1.56. The molecular weight excluding hydrogens is 506 g/mol. The van der Waals surface area contributed by atoms with Gasteiger partial charge in [0.25, 0.3) is 5.91 Å². The molecule has 3 aromatic rings. The molecule has 3 atom stereocenters. The van der Waals surface area contributed by atoms with Gasteiger partial charge in [-0.3, -0.25) is 9.69 Å². The van der Waals surface area contributed by atoms with E-state index in [1.54, 1.807) is 29.3 Å². The molecule has 40 heavy (non-hydrogen) atoms. The van der Waals surface area contributed by atoms with Crippen LogP contribution in [-0.4, -0.2) is 75.8 Å². The molecule has 0 unspecified atom stereocenters. The van der Waals surface area contributed by atoms with Crippen LogP contribution in [0.1, 0.15) is 51.3 Å². The van der Waals surface area contributed by atoms with Crippen LogP contribution in [0.15, 0.2) is 66.9 Å². The van der Waals surface area contributed by atoms with Crippen molar-refractivity contribution in [3.63, 3.8) is 0 Å². The molecule has 2 heterocycles. The van der Waals surface area contributed by atoms with Crippen LogP contribution in [0.2, 0.25) is 0 Å². The third kappa shape index (κ3) is 7.26.